The number of piperidine rings is 1. The maximum Gasteiger partial charge on any atom is 0.222 e. The lowest BCUT2D eigenvalue weighted by Crippen LogP contribution is -2.51. The molecule has 11 nitrogen and oxygen atoms in total. The highest BCUT2D eigenvalue weighted by Crippen LogP contribution is 2.33. The molecule has 5 heterocycles. The third kappa shape index (κ3) is 5.63. The summed E-state index contributed by atoms with van der Waals surface area (Å²) in [5, 5.41) is 17.5. The molecule has 0 aromatic carbocycles. The van der Waals surface area contributed by atoms with Gasteiger partial charge in [-0.05, 0) is 56.3 Å². The van der Waals surface area contributed by atoms with Gasteiger partial charge in [0.25, 0.3) is 0 Å². The molecule has 0 spiro atoms. The first kappa shape index (κ1) is 25.6. The van der Waals surface area contributed by atoms with Crippen molar-refractivity contribution in [3.8, 4) is 5.75 Å². The number of nitrogen functional groups attached to an aromatic ring is 1. The van der Waals surface area contributed by atoms with E-state index in [4.69, 9.17) is 20.2 Å². The number of nitrogens with two attached hydrogens (primary N) is 1. The van der Waals surface area contributed by atoms with E-state index in [2.05, 4.69) is 38.3 Å². The van der Waals surface area contributed by atoms with Crippen LogP contribution in [0, 0.1) is 0 Å². The van der Waals surface area contributed by atoms with E-state index in [1.165, 1.54) is 5.56 Å². The van der Waals surface area contributed by atoms with E-state index in [9.17, 15) is 5.11 Å². The predicted octanol–water partition coefficient (Wildman–Crippen LogP) is 2.40. The number of anilines is 2. The minimum absolute atomic E-state index is 0.0750. The van der Waals surface area contributed by atoms with E-state index < -0.39 is 0 Å². The molecular weight excluding hydrogens is 472 g/mol. The molecule has 1 atom stereocenters. The molecule has 11 heteroatoms. The van der Waals surface area contributed by atoms with Gasteiger partial charge in [0.2, 0.25) is 5.95 Å². The van der Waals surface area contributed by atoms with Crippen LogP contribution in [0.25, 0.3) is 11.0 Å². The number of likely N-dealkylation sites (tertiary alicyclic amines) is 1. The SMILES string of the molecule is CCC[C@@H](CCO)Nc1nc(N)nc2cnn(Cc3ncc(C4CCN(C5COC5)CC4)cc3OC)c12. The molecule has 37 heavy (non-hydrogen) atoms. The number of ether oxygens (including phenoxy) is 2. The molecular formula is C26H38N8O3. The molecule has 2 aliphatic heterocycles. The number of nitrogens with one attached hydrogen (secondary N) is 1. The molecule has 200 valence electrons. The highest BCUT2D eigenvalue weighted by Gasteiger charge is 2.30. The molecule has 4 N–H and O–H groups in total. The fraction of sp³-hybridized carbons (Fsp3) is 0.615. The van der Waals surface area contributed by atoms with Gasteiger partial charge in [0.1, 0.15) is 22.5 Å². The van der Waals surface area contributed by atoms with Crippen LogP contribution in [0.15, 0.2) is 18.5 Å². The molecule has 0 saturated carbocycles. The fourth-order valence-electron chi connectivity index (χ4n) is 5.40. The summed E-state index contributed by atoms with van der Waals surface area (Å²) in [6, 6.07) is 2.80. The molecule has 2 fully saturated rings. The highest BCUT2D eigenvalue weighted by atomic mass is 16.5. The summed E-state index contributed by atoms with van der Waals surface area (Å²) in [4.78, 5) is 16.2. The van der Waals surface area contributed by atoms with Crippen molar-refractivity contribution in [3.05, 3.63) is 29.7 Å². The minimum atomic E-state index is 0.0750. The summed E-state index contributed by atoms with van der Waals surface area (Å²) in [5.74, 6) is 2.04. The summed E-state index contributed by atoms with van der Waals surface area (Å²) in [7, 11) is 1.69. The molecule has 3 aromatic rings. The molecule has 5 rings (SSSR count). The third-order valence-electron chi connectivity index (χ3n) is 7.57. The zero-order chi connectivity index (χ0) is 25.8. The van der Waals surface area contributed by atoms with E-state index in [-0.39, 0.29) is 18.6 Å². The van der Waals surface area contributed by atoms with Gasteiger partial charge in [0.05, 0.1) is 39.1 Å². The second kappa shape index (κ2) is 11.6. The average Bonchev–Trinajstić information content (AvgIpc) is 3.26. The molecule has 2 aliphatic rings. The van der Waals surface area contributed by atoms with Gasteiger partial charge in [0, 0.05) is 18.8 Å². The molecule has 3 aromatic heterocycles. The number of hydrogen-bond donors (Lipinski definition) is 3. The van der Waals surface area contributed by atoms with Crippen LogP contribution < -0.4 is 15.8 Å². The van der Waals surface area contributed by atoms with Crippen molar-refractivity contribution in [1.82, 2.24) is 29.6 Å². The van der Waals surface area contributed by atoms with Crippen molar-refractivity contribution in [2.45, 2.75) is 63.6 Å². The van der Waals surface area contributed by atoms with Gasteiger partial charge in [-0.15, -0.1) is 0 Å². The van der Waals surface area contributed by atoms with E-state index in [1.54, 1.807) is 13.3 Å². The zero-order valence-electron chi connectivity index (χ0n) is 21.8. The average molecular weight is 511 g/mol. The van der Waals surface area contributed by atoms with Gasteiger partial charge in [-0.1, -0.05) is 13.3 Å². The summed E-state index contributed by atoms with van der Waals surface area (Å²) >= 11 is 0. The number of rotatable bonds is 11. The minimum Gasteiger partial charge on any atom is -0.495 e. The van der Waals surface area contributed by atoms with Crippen molar-refractivity contribution in [2.24, 2.45) is 0 Å². The third-order valence-corrected chi connectivity index (χ3v) is 7.57. The van der Waals surface area contributed by atoms with Crippen LogP contribution in [0.1, 0.15) is 56.2 Å². The monoisotopic (exact) mass is 510 g/mol. The Morgan fingerprint density at radius 3 is 2.70 bits per heavy atom. The Kier molecular flexibility index (Phi) is 8.02. The standard InChI is InChI=1S/C26H38N8O3/c1-3-4-19(7-10-35)30-25-24-21(31-26(27)32-25)13-29-34(24)14-22-23(36-2)11-18(12-28-22)17-5-8-33(9-6-17)20-15-37-16-20/h11-13,17,19-20,35H,3-10,14-16H2,1-2H3,(H3,27,30,31,32)/t19-/m0/s1. The predicted molar refractivity (Wildman–Crippen MR) is 142 cm³/mol. The van der Waals surface area contributed by atoms with Gasteiger partial charge < -0.3 is 25.6 Å². The number of nitrogens with zero attached hydrogens (tertiary/aromatic N) is 6. The first-order valence-corrected chi connectivity index (χ1v) is 13.3. The number of methoxy groups -OCH3 is 1. The molecule has 0 amide bonds. The van der Waals surface area contributed by atoms with Crippen molar-refractivity contribution < 1.29 is 14.6 Å². The lowest BCUT2D eigenvalue weighted by molar-refractivity contribution is -0.0712. The molecule has 0 bridgehead atoms. The van der Waals surface area contributed by atoms with Crippen molar-refractivity contribution >= 4 is 22.8 Å². The molecule has 0 unspecified atom stereocenters. The van der Waals surface area contributed by atoms with Crippen LogP contribution in [0.4, 0.5) is 11.8 Å². The van der Waals surface area contributed by atoms with E-state index in [0.717, 1.165) is 68.9 Å². The molecule has 0 radical (unpaired) electrons. The van der Waals surface area contributed by atoms with Crippen molar-refractivity contribution in [2.75, 3.05) is 51.1 Å². The van der Waals surface area contributed by atoms with Crippen LogP contribution in [-0.4, -0.2) is 86.8 Å². The van der Waals surface area contributed by atoms with E-state index >= 15 is 0 Å². The lowest BCUT2D eigenvalue weighted by atomic mass is 9.89. The number of aromatic nitrogens is 5. The van der Waals surface area contributed by atoms with Gasteiger partial charge in [-0.3, -0.25) is 14.6 Å². The smallest absolute Gasteiger partial charge is 0.222 e. The van der Waals surface area contributed by atoms with Crippen LogP contribution in [0.5, 0.6) is 5.75 Å². The van der Waals surface area contributed by atoms with E-state index in [1.807, 2.05) is 10.9 Å². The summed E-state index contributed by atoms with van der Waals surface area (Å²) in [6.07, 6.45) is 8.43. The van der Waals surface area contributed by atoms with Crippen LogP contribution in [0.2, 0.25) is 0 Å². The fourth-order valence-corrected chi connectivity index (χ4v) is 5.40. The highest BCUT2D eigenvalue weighted by molar-refractivity contribution is 5.86. The topological polar surface area (TPSA) is 136 Å². The number of aliphatic hydroxyl groups excluding tert-OH is 1. The Balaban J connectivity index is 1.36. The second-order valence-corrected chi connectivity index (χ2v) is 10.0. The lowest BCUT2D eigenvalue weighted by Gasteiger charge is -2.41. The molecule has 0 aliphatic carbocycles. The maximum atomic E-state index is 9.50. The Labute approximate surface area is 217 Å². The Morgan fingerprint density at radius 2 is 2.03 bits per heavy atom. The first-order chi connectivity index (χ1) is 18.1. The van der Waals surface area contributed by atoms with Crippen LogP contribution in [0.3, 0.4) is 0 Å². The normalized spacial score (nSPS) is 18.1. The van der Waals surface area contributed by atoms with Crippen molar-refractivity contribution in [3.63, 3.8) is 0 Å². The van der Waals surface area contributed by atoms with Crippen LogP contribution >= 0.6 is 0 Å². The maximum absolute atomic E-state index is 9.50. The van der Waals surface area contributed by atoms with Gasteiger partial charge in [-0.2, -0.15) is 10.1 Å². The summed E-state index contributed by atoms with van der Waals surface area (Å²) < 4.78 is 13.0. The van der Waals surface area contributed by atoms with Crippen LogP contribution in [-0.2, 0) is 11.3 Å². The van der Waals surface area contributed by atoms with Gasteiger partial charge in [0.15, 0.2) is 5.82 Å². The summed E-state index contributed by atoms with van der Waals surface area (Å²) in [6.45, 7) is 6.55. The second-order valence-electron chi connectivity index (χ2n) is 10.0. The Hall–Kier alpha value is -3.02. The number of pyridine rings is 1. The first-order valence-electron chi connectivity index (χ1n) is 13.3. The van der Waals surface area contributed by atoms with Gasteiger partial charge >= 0.3 is 0 Å². The zero-order valence-corrected chi connectivity index (χ0v) is 21.8. The van der Waals surface area contributed by atoms with Crippen molar-refractivity contribution in [1.29, 1.82) is 0 Å². The quantitative estimate of drug-likeness (QED) is 0.353. The largest absolute Gasteiger partial charge is 0.495 e. The van der Waals surface area contributed by atoms with Gasteiger partial charge in [-0.25, -0.2) is 4.98 Å². The number of fused-ring (bicyclic) bond motifs is 1. The molecule has 2 saturated heterocycles. The van der Waals surface area contributed by atoms with E-state index in [0.29, 0.717) is 36.3 Å². The number of hydrogen-bond acceptors (Lipinski definition) is 10. The summed E-state index contributed by atoms with van der Waals surface area (Å²) in [5.41, 5.74) is 9.43. The Bertz CT molecular complexity index is 1180. The number of aliphatic hydroxyl groups is 1. The Morgan fingerprint density at radius 1 is 1.22 bits per heavy atom.